The fraction of sp³-hybridized carbons (Fsp3) is 0.400. The zero-order valence-electron chi connectivity index (χ0n) is 11.6. The lowest BCUT2D eigenvalue weighted by Crippen LogP contribution is -2.36. The number of furan rings is 1. The maximum Gasteiger partial charge on any atom is 0.287 e. The van der Waals surface area contributed by atoms with Gasteiger partial charge in [-0.1, -0.05) is 20.3 Å². The van der Waals surface area contributed by atoms with E-state index in [0.29, 0.717) is 22.9 Å². The Morgan fingerprint density at radius 2 is 2.11 bits per heavy atom. The highest BCUT2D eigenvalue weighted by atomic mass is 16.3. The number of hydrogen-bond donors (Lipinski definition) is 2. The molecule has 1 amide bonds. The summed E-state index contributed by atoms with van der Waals surface area (Å²) in [5.74, 6) is 0.585. The van der Waals surface area contributed by atoms with Crippen LogP contribution >= 0.6 is 0 Å². The fourth-order valence-electron chi connectivity index (χ4n) is 1.95. The molecule has 0 aliphatic heterocycles. The van der Waals surface area contributed by atoms with Gasteiger partial charge >= 0.3 is 0 Å². The van der Waals surface area contributed by atoms with Crippen LogP contribution in [0.15, 0.2) is 28.7 Å². The topological polar surface area (TPSA) is 68.3 Å². The number of hydrogen-bond acceptors (Lipinski definition) is 3. The molecule has 2 rings (SSSR count). The van der Waals surface area contributed by atoms with Gasteiger partial charge in [0.05, 0.1) is 0 Å². The maximum absolute atomic E-state index is 12.1. The van der Waals surface area contributed by atoms with Crippen LogP contribution in [-0.4, -0.2) is 11.9 Å². The molecule has 0 saturated carbocycles. The van der Waals surface area contributed by atoms with Crippen LogP contribution in [0.5, 0.6) is 0 Å². The summed E-state index contributed by atoms with van der Waals surface area (Å²) in [4.78, 5) is 12.1. The van der Waals surface area contributed by atoms with E-state index in [0.717, 1.165) is 11.8 Å². The lowest BCUT2D eigenvalue weighted by atomic mass is 10.0. The van der Waals surface area contributed by atoms with Gasteiger partial charge in [-0.05, 0) is 37.1 Å². The molecule has 2 unspecified atom stereocenters. The van der Waals surface area contributed by atoms with E-state index in [1.54, 1.807) is 24.3 Å². The lowest BCUT2D eigenvalue weighted by Gasteiger charge is -2.18. The summed E-state index contributed by atoms with van der Waals surface area (Å²) in [6.45, 7) is 6.23. The molecule has 2 aromatic rings. The van der Waals surface area contributed by atoms with Gasteiger partial charge in [-0.15, -0.1) is 0 Å². The number of carbonyl (C=O) groups excluding carboxylic acids is 1. The summed E-state index contributed by atoms with van der Waals surface area (Å²) in [5, 5.41) is 3.81. The van der Waals surface area contributed by atoms with Crippen LogP contribution in [0, 0.1) is 5.92 Å². The van der Waals surface area contributed by atoms with Crippen molar-refractivity contribution in [3.05, 3.63) is 30.0 Å². The lowest BCUT2D eigenvalue weighted by molar-refractivity contribution is 0.0902. The molecule has 0 aliphatic carbocycles. The summed E-state index contributed by atoms with van der Waals surface area (Å²) in [5.41, 5.74) is 7.04. The quantitative estimate of drug-likeness (QED) is 0.829. The number of rotatable bonds is 4. The number of benzene rings is 1. The Balaban J connectivity index is 2.17. The van der Waals surface area contributed by atoms with Crippen molar-refractivity contribution in [2.24, 2.45) is 5.92 Å². The van der Waals surface area contributed by atoms with Crippen molar-refractivity contribution in [2.45, 2.75) is 33.2 Å². The molecule has 0 aliphatic rings. The molecule has 0 radical (unpaired) electrons. The van der Waals surface area contributed by atoms with Gasteiger partial charge in [-0.25, -0.2) is 0 Å². The highest BCUT2D eigenvalue weighted by Crippen LogP contribution is 2.22. The summed E-state index contributed by atoms with van der Waals surface area (Å²) in [6.07, 6.45) is 1.03. The number of anilines is 1. The molecule has 102 valence electrons. The van der Waals surface area contributed by atoms with Crippen LogP contribution in [0.1, 0.15) is 37.7 Å². The largest absolute Gasteiger partial charge is 0.451 e. The van der Waals surface area contributed by atoms with Crippen molar-refractivity contribution in [1.29, 1.82) is 0 Å². The summed E-state index contributed by atoms with van der Waals surface area (Å²) in [7, 11) is 0. The van der Waals surface area contributed by atoms with E-state index in [1.165, 1.54) is 0 Å². The average molecular weight is 260 g/mol. The van der Waals surface area contributed by atoms with Gasteiger partial charge in [0.15, 0.2) is 5.76 Å². The van der Waals surface area contributed by atoms with Gasteiger partial charge in [0.1, 0.15) is 5.58 Å². The van der Waals surface area contributed by atoms with Crippen LogP contribution < -0.4 is 11.1 Å². The van der Waals surface area contributed by atoms with E-state index < -0.39 is 0 Å². The predicted molar refractivity (Wildman–Crippen MR) is 77.0 cm³/mol. The van der Waals surface area contributed by atoms with E-state index >= 15 is 0 Å². The SMILES string of the molecule is CCC(C)C(C)NC(=O)c1cc2cc(N)ccc2o1. The van der Waals surface area contributed by atoms with Crippen LogP contribution in [0.4, 0.5) is 5.69 Å². The molecule has 1 aromatic carbocycles. The molecule has 0 spiro atoms. The second kappa shape index (κ2) is 5.34. The first kappa shape index (κ1) is 13.5. The Morgan fingerprint density at radius 1 is 1.37 bits per heavy atom. The van der Waals surface area contributed by atoms with E-state index in [4.69, 9.17) is 10.2 Å². The van der Waals surface area contributed by atoms with Gasteiger partial charge < -0.3 is 15.5 Å². The minimum atomic E-state index is -0.178. The van der Waals surface area contributed by atoms with Crippen LogP contribution in [0.25, 0.3) is 11.0 Å². The predicted octanol–water partition coefficient (Wildman–Crippen LogP) is 3.18. The molecule has 1 heterocycles. The summed E-state index contributed by atoms with van der Waals surface area (Å²) < 4.78 is 5.53. The second-order valence-corrected chi connectivity index (χ2v) is 5.06. The average Bonchev–Trinajstić information content (AvgIpc) is 2.80. The number of carbonyl (C=O) groups is 1. The molecule has 0 bridgehead atoms. The molecule has 0 fully saturated rings. The van der Waals surface area contributed by atoms with Crippen molar-refractivity contribution in [3.63, 3.8) is 0 Å². The van der Waals surface area contributed by atoms with Crippen molar-refractivity contribution < 1.29 is 9.21 Å². The molecular weight excluding hydrogens is 240 g/mol. The molecule has 0 saturated heterocycles. The summed E-state index contributed by atoms with van der Waals surface area (Å²) in [6, 6.07) is 7.18. The fourth-order valence-corrected chi connectivity index (χ4v) is 1.95. The van der Waals surface area contributed by atoms with Crippen LogP contribution in [0.3, 0.4) is 0 Å². The standard InChI is InChI=1S/C15H20N2O2/c1-4-9(2)10(3)17-15(18)14-8-11-7-12(16)5-6-13(11)19-14/h5-10H,4,16H2,1-3H3,(H,17,18). The van der Waals surface area contributed by atoms with Crippen molar-refractivity contribution in [1.82, 2.24) is 5.32 Å². The van der Waals surface area contributed by atoms with Gasteiger partial charge in [0.25, 0.3) is 5.91 Å². The Labute approximate surface area is 113 Å². The second-order valence-electron chi connectivity index (χ2n) is 5.06. The Kier molecular flexibility index (Phi) is 3.79. The zero-order valence-corrected chi connectivity index (χ0v) is 11.6. The number of amides is 1. The minimum Gasteiger partial charge on any atom is -0.451 e. The van der Waals surface area contributed by atoms with Gasteiger partial charge in [0, 0.05) is 17.1 Å². The number of fused-ring (bicyclic) bond motifs is 1. The van der Waals surface area contributed by atoms with Crippen LogP contribution in [0.2, 0.25) is 0 Å². The van der Waals surface area contributed by atoms with E-state index in [9.17, 15) is 4.79 Å². The monoisotopic (exact) mass is 260 g/mol. The first-order valence-corrected chi connectivity index (χ1v) is 6.61. The van der Waals surface area contributed by atoms with Crippen molar-refractivity contribution in [3.8, 4) is 0 Å². The third-order valence-corrected chi connectivity index (χ3v) is 3.62. The van der Waals surface area contributed by atoms with Crippen molar-refractivity contribution >= 4 is 22.6 Å². The third-order valence-electron chi connectivity index (χ3n) is 3.62. The van der Waals surface area contributed by atoms with E-state index in [2.05, 4.69) is 19.2 Å². The normalized spacial score (nSPS) is 14.3. The highest BCUT2D eigenvalue weighted by molar-refractivity contribution is 5.96. The molecule has 4 heteroatoms. The van der Waals surface area contributed by atoms with E-state index in [1.807, 2.05) is 6.92 Å². The van der Waals surface area contributed by atoms with Gasteiger partial charge in [-0.3, -0.25) is 4.79 Å². The third kappa shape index (κ3) is 2.89. The zero-order chi connectivity index (χ0) is 14.0. The molecular formula is C15H20N2O2. The number of nitrogen functional groups attached to an aromatic ring is 1. The Morgan fingerprint density at radius 3 is 2.79 bits per heavy atom. The van der Waals surface area contributed by atoms with Crippen LogP contribution in [-0.2, 0) is 0 Å². The maximum atomic E-state index is 12.1. The first-order valence-electron chi connectivity index (χ1n) is 6.61. The Hall–Kier alpha value is -1.97. The smallest absolute Gasteiger partial charge is 0.287 e. The molecule has 2 atom stereocenters. The summed E-state index contributed by atoms with van der Waals surface area (Å²) >= 11 is 0. The highest BCUT2D eigenvalue weighted by Gasteiger charge is 2.17. The van der Waals surface area contributed by atoms with Gasteiger partial charge in [-0.2, -0.15) is 0 Å². The molecule has 1 aromatic heterocycles. The molecule has 4 nitrogen and oxygen atoms in total. The number of nitrogens with one attached hydrogen (secondary N) is 1. The van der Waals surface area contributed by atoms with Gasteiger partial charge in [0.2, 0.25) is 0 Å². The minimum absolute atomic E-state index is 0.121. The Bertz CT molecular complexity index is 589. The first-order chi connectivity index (χ1) is 9.01. The molecule has 19 heavy (non-hydrogen) atoms. The number of nitrogens with two attached hydrogens (primary N) is 1. The van der Waals surface area contributed by atoms with E-state index in [-0.39, 0.29) is 11.9 Å². The molecule has 3 N–H and O–H groups in total. The van der Waals surface area contributed by atoms with Crippen molar-refractivity contribution in [2.75, 3.05) is 5.73 Å².